The number of carbonyl (C=O) groups excluding carboxylic acids is 1. The maximum atomic E-state index is 10.9. The Balaban J connectivity index is 0. The van der Waals surface area contributed by atoms with Crippen molar-refractivity contribution in [3.8, 4) is 0 Å². The van der Waals surface area contributed by atoms with Crippen molar-refractivity contribution in [3.05, 3.63) is 0 Å². The lowest BCUT2D eigenvalue weighted by Gasteiger charge is -2.17. The van der Waals surface area contributed by atoms with Gasteiger partial charge in [-0.05, 0) is 0 Å². The lowest BCUT2D eigenvalue weighted by molar-refractivity contribution is -0.126. The minimum atomic E-state index is -0.580. The third-order valence-corrected chi connectivity index (χ3v) is 1.78. The number of ketones is 1. The molecule has 0 bridgehead atoms. The molecule has 0 saturated carbocycles. The van der Waals surface area contributed by atoms with Gasteiger partial charge in [0.15, 0.2) is 5.78 Å². The molecule has 1 N–H and O–H groups in total. The number of halogens is 2. The average Bonchev–Trinajstić information content (AvgIpc) is 1.86. The van der Waals surface area contributed by atoms with Crippen LogP contribution in [0.4, 0.5) is 0 Å². The monoisotopic (exact) mass is 274 g/mol. The Morgan fingerprint density at radius 1 is 1.60 bits per heavy atom. The van der Waals surface area contributed by atoms with E-state index in [2.05, 4.69) is 15.9 Å². The highest BCUT2D eigenvalue weighted by atomic mass is 79.9. The van der Waals surface area contributed by atoms with Crippen molar-refractivity contribution >= 4 is 38.7 Å². The second kappa shape index (κ2) is 5.27. The Kier molecular flexibility index (Phi) is 6.95. The van der Waals surface area contributed by atoms with Gasteiger partial charge in [0.05, 0.1) is 11.9 Å². The standard InChI is InChI=1S/C6H11BrO2.BrH/c1-6(2,4-8)5(9)3-7;/h8H,3-4H2,1-2H3;1H. The van der Waals surface area contributed by atoms with Crippen LogP contribution in [0, 0.1) is 5.41 Å². The zero-order valence-corrected chi connectivity index (χ0v) is 9.35. The van der Waals surface area contributed by atoms with Crippen molar-refractivity contribution in [2.45, 2.75) is 13.8 Å². The van der Waals surface area contributed by atoms with Crippen molar-refractivity contribution in [2.24, 2.45) is 5.41 Å². The Morgan fingerprint density at radius 2 is 2.00 bits per heavy atom. The van der Waals surface area contributed by atoms with E-state index in [1.165, 1.54) is 0 Å². The first-order valence-corrected chi connectivity index (χ1v) is 3.87. The molecule has 0 aliphatic rings. The summed E-state index contributed by atoms with van der Waals surface area (Å²) in [7, 11) is 0. The van der Waals surface area contributed by atoms with Gasteiger partial charge in [-0.3, -0.25) is 4.79 Å². The molecule has 0 aromatic heterocycles. The molecule has 0 unspecified atom stereocenters. The fraction of sp³-hybridized carbons (Fsp3) is 0.833. The summed E-state index contributed by atoms with van der Waals surface area (Å²) in [6.07, 6.45) is 0. The molecule has 0 amide bonds. The Bertz CT molecular complexity index is 112. The second-order valence-electron chi connectivity index (χ2n) is 2.60. The Hall–Kier alpha value is 0.590. The maximum Gasteiger partial charge on any atom is 0.151 e. The van der Waals surface area contributed by atoms with E-state index < -0.39 is 5.41 Å². The van der Waals surface area contributed by atoms with Gasteiger partial charge in [-0.15, -0.1) is 17.0 Å². The SMILES string of the molecule is Br.CC(C)(CO)C(=O)CBr. The van der Waals surface area contributed by atoms with Gasteiger partial charge in [-0.1, -0.05) is 29.8 Å². The smallest absolute Gasteiger partial charge is 0.151 e. The molecule has 4 heteroatoms. The molecule has 0 fully saturated rings. The quantitative estimate of drug-likeness (QED) is 0.794. The van der Waals surface area contributed by atoms with Crippen LogP contribution in [0.2, 0.25) is 0 Å². The number of aliphatic hydroxyl groups is 1. The fourth-order valence-electron chi connectivity index (χ4n) is 0.269. The lowest BCUT2D eigenvalue weighted by atomic mass is 9.90. The normalized spacial score (nSPS) is 10.4. The zero-order valence-electron chi connectivity index (χ0n) is 6.06. The minimum Gasteiger partial charge on any atom is -0.395 e. The van der Waals surface area contributed by atoms with E-state index in [0.717, 1.165) is 0 Å². The van der Waals surface area contributed by atoms with E-state index in [4.69, 9.17) is 5.11 Å². The van der Waals surface area contributed by atoms with Gasteiger partial charge in [0.1, 0.15) is 0 Å². The van der Waals surface area contributed by atoms with E-state index in [0.29, 0.717) is 5.33 Å². The molecule has 0 atom stereocenters. The van der Waals surface area contributed by atoms with E-state index in [1.807, 2.05) is 0 Å². The predicted octanol–water partition coefficient (Wildman–Crippen LogP) is 1.55. The van der Waals surface area contributed by atoms with Crippen LogP contribution in [0.15, 0.2) is 0 Å². The summed E-state index contributed by atoms with van der Waals surface area (Å²) in [5.74, 6) is 0.0324. The number of hydrogen-bond acceptors (Lipinski definition) is 2. The maximum absolute atomic E-state index is 10.9. The first kappa shape index (κ1) is 13.2. The van der Waals surface area contributed by atoms with Gasteiger partial charge >= 0.3 is 0 Å². The average molecular weight is 276 g/mol. The number of aliphatic hydroxyl groups excluding tert-OH is 1. The number of hydrogen-bond donors (Lipinski definition) is 1. The highest BCUT2D eigenvalue weighted by molar-refractivity contribution is 9.09. The molecule has 0 spiro atoms. The molecule has 2 nitrogen and oxygen atoms in total. The molecule has 0 radical (unpaired) electrons. The third kappa shape index (κ3) is 3.68. The summed E-state index contributed by atoms with van der Waals surface area (Å²) < 4.78 is 0. The molecule has 0 saturated heterocycles. The van der Waals surface area contributed by atoms with Crippen molar-refractivity contribution in [1.82, 2.24) is 0 Å². The van der Waals surface area contributed by atoms with Crippen LogP contribution in [0.1, 0.15) is 13.8 Å². The van der Waals surface area contributed by atoms with Gasteiger partial charge in [0.2, 0.25) is 0 Å². The van der Waals surface area contributed by atoms with Crippen LogP contribution >= 0.6 is 32.9 Å². The van der Waals surface area contributed by atoms with E-state index in [9.17, 15) is 4.79 Å². The summed E-state index contributed by atoms with van der Waals surface area (Å²) >= 11 is 3.03. The largest absolute Gasteiger partial charge is 0.395 e. The molecule has 62 valence electrons. The number of carbonyl (C=O) groups is 1. The van der Waals surface area contributed by atoms with Gasteiger partial charge in [-0.2, -0.15) is 0 Å². The summed E-state index contributed by atoms with van der Waals surface area (Å²) in [5.41, 5.74) is -0.580. The summed E-state index contributed by atoms with van der Waals surface area (Å²) in [4.78, 5) is 10.9. The Labute approximate surface area is 79.9 Å². The summed E-state index contributed by atoms with van der Waals surface area (Å²) in [5, 5.41) is 8.97. The third-order valence-electron chi connectivity index (χ3n) is 1.27. The number of Topliss-reactive ketones (excluding diaryl/α,β-unsaturated/α-hetero) is 1. The van der Waals surface area contributed by atoms with Gasteiger partial charge in [0.25, 0.3) is 0 Å². The van der Waals surface area contributed by atoms with Crippen molar-refractivity contribution in [2.75, 3.05) is 11.9 Å². The van der Waals surface area contributed by atoms with Crippen molar-refractivity contribution in [1.29, 1.82) is 0 Å². The summed E-state index contributed by atoms with van der Waals surface area (Å²) in [6.45, 7) is 3.35. The molecule has 0 heterocycles. The van der Waals surface area contributed by atoms with Crippen LogP contribution in [0.3, 0.4) is 0 Å². The molecule has 0 rings (SSSR count). The van der Waals surface area contributed by atoms with Gasteiger partial charge < -0.3 is 5.11 Å². The molecule has 0 aromatic carbocycles. The van der Waals surface area contributed by atoms with Crippen LogP contribution in [0.5, 0.6) is 0 Å². The minimum absolute atomic E-state index is 0. The zero-order chi connectivity index (χ0) is 7.49. The fourth-order valence-corrected chi connectivity index (χ4v) is 1.03. The molecule has 0 aliphatic carbocycles. The second-order valence-corrected chi connectivity index (χ2v) is 3.16. The van der Waals surface area contributed by atoms with Gasteiger partial charge in [0, 0.05) is 5.41 Å². The van der Waals surface area contributed by atoms with Crippen LogP contribution in [-0.4, -0.2) is 22.8 Å². The molecular weight excluding hydrogens is 264 g/mol. The van der Waals surface area contributed by atoms with Crippen LogP contribution in [0.25, 0.3) is 0 Å². The van der Waals surface area contributed by atoms with Crippen molar-refractivity contribution < 1.29 is 9.90 Å². The first-order valence-electron chi connectivity index (χ1n) is 2.74. The molecule has 0 aromatic rings. The molecule has 0 aliphatic heterocycles. The lowest BCUT2D eigenvalue weighted by Crippen LogP contribution is -2.28. The Morgan fingerprint density at radius 3 is 2.10 bits per heavy atom. The summed E-state index contributed by atoms with van der Waals surface area (Å²) in [6, 6.07) is 0. The van der Waals surface area contributed by atoms with Crippen molar-refractivity contribution in [3.63, 3.8) is 0 Å². The van der Waals surface area contributed by atoms with Crippen LogP contribution < -0.4 is 0 Å². The number of alkyl halides is 1. The highest BCUT2D eigenvalue weighted by Gasteiger charge is 2.24. The van der Waals surface area contributed by atoms with Crippen LogP contribution in [-0.2, 0) is 4.79 Å². The van der Waals surface area contributed by atoms with Gasteiger partial charge in [-0.25, -0.2) is 0 Å². The van der Waals surface area contributed by atoms with E-state index >= 15 is 0 Å². The van der Waals surface area contributed by atoms with E-state index in [1.54, 1.807) is 13.8 Å². The molecular formula is C6H12Br2O2. The van der Waals surface area contributed by atoms with E-state index in [-0.39, 0.29) is 29.4 Å². The topological polar surface area (TPSA) is 37.3 Å². The number of rotatable bonds is 3. The first-order chi connectivity index (χ1) is 4.04. The highest BCUT2D eigenvalue weighted by Crippen LogP contribution is 2.15. The predicted molar refractivity (Wildman–Crippen MR) is 50.0 cm³/mol. The molecule has 10 heavy (non-hydrogen) atoms.